The topological polar surface area (TPSA) is 72.9 Å². The molecule has 0 aliphatic carbocycles. The molecular formula is C16H20NO5P. The van der Waals surface area contributed by atoms with Crippen LogP contribution in [-0.4, -0.2) is 35.6 Å². The number of hydrogen-bond acceptors (Lipinski definition) is 5. The molecule has 0 bridgehead atoms. The van der Waals surface area contributed by atoms with Gasteiger partial charge in [0.25, 0.3) is 5.91 Å². The third-order valence-electron chi connectivity index (χ3n) is 3.36. The van der Waals surface area contributed by atoms with Crippen LogP contribution in [0.5, 0.6) is 0 Å². The Balaban J connectivity index is 2.38. The standard InChI is InChI=1S/C16H20NO5P/c1-3-21-23(20,22-4-2)15-12-14(18)10-11-17(15)16(19)13-8-6-5-7-9-13/h5-11,15H,3-4,12H2,1-2H3. The first kappa shape index (κ1) is 17.6. The molecular weight excluding hydrogens is 317 g/mol. The van der Waals surface area contributed by atoms with Crippen molar-refractivity contribution in [3.8, 4) is 0 Å². The largest absolute Gasteiger partial charge is 0.353 e. The Morgan fingerprint density at radius 1 is 1.22 bits per heavy atom. The first-order valence-corrected chi connectivity index (χ1v) is 9.10. The van der Waals surface area contributed by atoms with Crippen molar-refractivity contribution in [1.29, 1.82) is 0 Å². The zero-order chi connectivity index (χ0) is 16.9. The van der Waals surface area contributed by atoms with Gasteiger partial charge in [-0.3, -0.25) is 19.1 Å². The number of carbonyl (C=O) groups excluding carboxylic acids is 2. The van der Waals surface area contributed by atoms with Crippen molar-refractivity contribution in [3.05, 3.63) is 48.2 Å². The molecule has 2 rings (SSSR count). The molecule has 124 valence electrons. The van der Waals surface area contributed by atoms with Crippen molar-refractivity contribution in [3.63, 3.8) is 0 Å². The number of benzene rings is 1. The predicted octanol–water partition coefficient (Wildman–Crippen LogP) is 3.21. The fraction of sp³-hybridized carbons (Fsp3) is 0.375. The third-order valence-corrected chi connectivity index (χ3v) is 5.76. The molecule has 1 amide bonds. The number of carbonyl (C=O) groups is 2. The van der Waals surface area contributed by atoms with E-state index in [0.29, 0.717) is 5.56 Å². The minimum absolute atomic E-state index is 0.0909. The van der Waals surface area contributed by atoms with Crippen LogP contribution in [0.4, 0.5) is 0 Å². The lowest BCUT2D eigenvalue weighted by atomic mass is 10.1. The van der Waals surface area contributed by atoms with Gasteiger partial charge in [-0.15, -0.1) is 0 Å². The predicted molar refractivity (Wildman–Crippen MR) is 86.0 cm³/mol. The molecule has 1 unspecified atom stereocenters. The maximum Gasteiger partial charge on any atom is 0.353 e. The first-order valence-electron chi connectivity index (χ1n) is 7.49. The quantitative estimate of drug-likeness (QED) is 0.745. The van der Waals surface area contributed by atoms with E-state index < -0.39 is 13.4 Å². The highest BCUT2D eigenvalue weighted by Crippen LogP contribution is 2.56. The number of ketones is 1. The van der Waals surface area contributed by atoms with Crippen LogP contribution in [-0.2, 0) is 18.4 Å². The van der Waals surface area contributed by atoms with Gasteiger partial charge >= 0.3 is 7.60 Å². The van der Waals surface area contributed by atoms with E-state index in [1.807, 2.05) is 0 Å². The van der Waals surface area contributed by atoms with Crippen LogP contribution in [0, 0.1) is 0 Å². The molecule has 1 aliphatic heterocycles. The summed E-state index contributed by atoms with van der Waals surface area (Å²) in [5.41, 5.74) is 0.441. The number of nitrogens with zero attached hydrogens (tertiary/aromatic N) is 1. The average molecular weight is 337 g/mol. The molecule has 7 heteroatoms. The Hall–Kier alpha value is -1.75. The lowest BCUT2D eigenvalue weighted by Crippen LogP contribution is -2.40. The zero-order valence-corrected chi connectivity index (χ0v) is 14.1. The van der Waals surface area contributed by atoms with E-state index in [-0.39, 0.29) is 31.3 Å². The maximum absolute atomic E-state index is 13.0. The molecule has 0 aromatic heterocycles. The molecule has 6 nitrogen and oxygen atoms in total. The number of rotatable bonds is 6. The minimum atomic E-state index is -3.63. The Morgan fingerprint density at radius 3 is 2.39 bits per heavy atom. The highest BCUT2D eigenvalue weighted by atomic mass is 31.2. The molecule has 0 radical (unpaired) electrons. The summed E-state index contributed by atoms with van der Waals surface area (Å²) >= 11 is 0. The van der Waals surface area contributed by atoms with E-state index in [1.165, 1.54) is 17.2 Å². The van der Waals surface area contributed by atoms with E-state index in [0.717, 1.165) is 0 Å². The van der Waals surface area contributed by atoms with Gasteiger partial charge in [0.05, 0.1) is 13.2 Å². The van der Waals surface area contributed by atoms with E-state index in [1.54, 1.807) is 44.2 Å². The molecule has 0 spiro atoms. The maximum atomic E-state index is 13.0. The highest BCUT2D eigenvalue weighted by Gasteiger charge is 2.44. The summed E-state index contributed by atoms with van der Waals surface area (Å²) < 4.78 is 23.7. The second-order valence-electron chi connectivity index (χ2n) is 4.92. The monoisotopic (exact) mass is 337 g/mol. The zero-order valence-electron chi connectivity index (χ0n) is 13.2. The second kappa shape index (κ2) is 7.68. The van der Waals surface area contributed by atoms with Crippen LogP contribution in [0.3, 0.4) is 0 Å². The first-order chi connectivity index (χ1) is 11.0. The number of amides is 1. The van der Waals surface area contributed by atoms with Gasteiger partial charge in [-0.05, 0) is 32.1 Å². The van der Waals surface area contributed by atoms with Gasteiger partial charge in [0.1, 0.15) is 5.78 Å². The Kier molecular flexibility index (Phi) is 5.88. The van der Waals surface area contributed by atoms with Crippen molar-refractivity contribution in [2.75, 3.05) is 13.2 Å². The third kappa shape index (κ3) is 3.96. The van der Waals surface area contributed by atoms with Gasteiger partial charge in [0.15, 0.2) is 5.78 Å². The molecule has 1 heterocycles. The van der Waals surface area contributed by atoms with Crippen molar-refractivity contribution in [2.24, 2.45) is 0 Å². The molecule has 0 N–H and O–H groups in total. The van der Waals surface area contributed by atoms with Crippen LogP contribution in [0.25, 0.3) is 0 Å². The van der Waals surface area contributed by atoms with Crippen molar-refractivity contribution >= 4 is 19.3 Å². The summed E-state index contributed by atoms with van der Waals surface area (Å²) in [6.07, 6.45) is 2.57. The summed E-state index contributed by atoms with van der Waals surface area (Å²) in [6.45, 7) is 3.71. The molecule has 0 saturated carbocycles. The highest BCUT2D eigenvalue weighted by molar-refractivity contribution is 7.54. The fourth-order valence-corrected chi connectivity index (χ4v) is 4.40. The molecule has 23 heavy (non-hydrogen) atoms. The minimum Gasteiger partial charge on any atom is -0.307 e. The summed E-state index contributed by atoms with van der Waals surface area (Å²) in [5, 5.41) is 0. The van der Waals surface area contributed by atoms with E-state index in [4.69, 9.17) is 9.05 Å². The summed E-state index contributed by atoms with van der Waals surface area (Å²) in [7, 11) is -3.63. The Bertz CT molecular complexity index is 633. The van der Waals surface area contributed by atoms with E-state index >= 15 is 0 Å². The molecule has 1 atom stereocenters. The van der Waals surface area contributed by atoms with Gasteiger partial charge in [-0.1, -0.05) is 18.2 Å². The lowest BCUT2D eigenvalue weighted by molar-refractivity contribution is -0.115. The van der Waals surface area contributed by atoms with E-state index in [2.05, 4.69) is 0 Å². The van der Waals surface area contributed by atoms with E-state index in [9.17, 15) is 14.2 Å². The summed E-state index contributed by atoms with van der Waals surface area (Å²) in [5.74, 6) is -1.52. The summed E-state index contributed by atoms with van der Waals surface area (Å²) in [6, 6.07) is 8.61. The van der Waals surface area contributed by atoms with Gasteiger partial charge in [0, 0.05) is 18.2 Å². The normalized spacial score (nSPS) is 18.3. The van der Waals surface area contributed by atoms with Crippen molar-refractivity contribution in [1.82, 2.24) is 4.90 Å². The SMILES string of the molecule is CCOP(=O)(OCC)C1CC(=O)C=CN1C(=O)c1ccccc1. The van der Waals surface area contributed by atoms with Gasteiger partial charge in [-0.25, -0.2) is 0 Å². The van der Waals surface area contributed by atoms with Gasteiger partial charge < -0.3 is 9.05 Å². The number of hydrogen-bond donors (Lipinski definition) is 0. The molecule has 1 aromatic carbocycles. The number of allylic oxidation sites excluding steroid dienone is 1. The van der Waals surface area contributed by atoms with Crippen molar-refractivity contribution < 1.29 is 23.2 Å². The van der Waals surface area contributed by atoms with Crippen LogP contribution >= 0.6 is 7.60 Å². The second-order valence-corrected chi connectivity index (χ2v) is 7.11. The molecule has 1 aromatic rings. The molecule has 1 aliphatic rings. The van der Waals surface area contributed by atoms with Crippen molar-refractivity contribution in [2.45, 2.75) is 26.1 Å². The van der Waals surface area contributed by atoms with Gasteiger partial charge in [-0.2, -0.15) is 0 Å². The lowest BCUT2D eigenvalue weighted by Gasteiger charge is -2.35. The summed E-state index contributed by atoms with van der Waals surface area (Å²) in [4.78, 5) is 25.8. The van der Waals surface area contributed by atoms with Crippen LogP contribution in [0.15, 0.2) is 42.6 Å². The Morgan fingerprint density at radius 2 is 1.83 bits per heavy atom. The fourth-order valence-electron chi connectivity index (χ4n) is 2.38. The van der Waals surface area contributed by atoms with Gasteiger partial charge in [0.2, 0.25) is 0 Å². The van der Waals surface area contributed by atoms with Crippen LogP contribution in [0.1, 0.15) is 30.6 Å². The van der Waals surface area contributed by atoms with Crippen LogP contribution < -0.4 is 0 Å². The Labute approximate surface area is 135 Å². The average Bonchev–Trinajstić information content (AvgIpc) is 2.55. The molecule has 0 fully saturated rings. The van der Waals surface area contributed by atoms with Crippen LogP contribution in [0.2, 0.25) is 0 Å². The smallest absolute Gasteiger partial charge is 0.307 e. The molecule has 0 saturated heterocycles.